The van der Waals surface area contributed by atoms with Gasteiger partial charge in [-0.2, -0.15) is 0 Å². The summed E-state index contributed by atoms with van der Waals surface area (Å²) in [6.45, 7) is 4.98. The first-order valence-corrected chi connectivity index (χ1v) is 7.88. The Kier molecular flexibility index (Phi) is 4.68. The molecule has 0 bridgehead atoms. The van der Waals surface area contributed by atoms with Gasteiger partial charge in [-0.3, -0.25) is 9.59 Å². The zero-order valence-electron chi connectivity index (χ0n) is 12.6. The van der Waals surface area contributed by atoms with E-state index < -0.39 is 11.4 Å². The number of methoxy groups -OCH3 is 1. The van der Waals surface area contributed by atoms with Gasteiger partial charge in [0.1, 0.15) is 0 Å². The molecule has 21 heavy (non-hydrogen) atoms. The standard InChI is InChI=1S/C15H21NO4S/c1-10(2)15(14(18)19)5-6-16(9-15)13(17)12-11(8-20-3)4-7-21-12/h4,7,10H,5-6,8-9H2,1-3H3,(H,18,19). The van der Waals surface area contributed by atoms with Gasteiger partial charge in [-0.1, -0.05) is 13.8 Å². The highest BCUT2D eigenvalue weighted by molar-refractivity contribution is 7.12. The molecule has 1 atom stereocenters. The number of carbonyl (C=O) groups is 2. The summed E-state index contributed by atoms with van der Waals surface area (Å²) < 4.78 is 5.10. The van der Waals surface area contributed by atoms with E-state index in [2.05, 4.69) is 0 Å². The van der Waals surface area contributed by atoms with Gasteiger partial charge in [-0.15, -0.1) is 11.3 Å². The van der Waals surface area contributed by atoms with E-state index in [0.29, 0.717) is 24.4 Å². The number of thiophene rings is 1. The Morgan fingerprint density at radius 2 is 2.24 bits per heavy atom. The molecule has 1 saturated heterocycles. The van der Waals surface area contributed by atoms with Gasteiger partial charge < -0.3 is 14.7 Å². The second-order valence-corrected chi connectivity index (χ2v) is 6.72. The maximum absolute atomic E-state index is 12.6. The van der Waals surface area contributed by atoms with Crippen molar-refractivity contribution in [3.8, 4) is 0 Å². The van der Waals surface area contributed by atoms with Crippen molar-refractivity contribution in [3.63, 3.8) is 0 Å². The van der Waals surface area contributed by atoms with Crippen molar-refractivity contribution >= 4 is 23.2 Å². The first-order chi connectivity index (χ1) is 9.92. The summed E-state index contributed by atoms with van der Waals surface area (Å²) in [5, 5.41) is 11.4. The van der Waals surface area contributed by atoms with Crippen LogP contribution in [0, 0.1) is 11.3 Å². The normalized spacial score (nSPS) is 22.0. The monoisotopic (exact) mass is 311 g/mol. The molecule has 116 valence electrons. The molecule has 1 N–H and O–H groups in total. The van der Waals surface area contributed by atoms with E-state index in [4.69, 9.17) is 4.74 Å². The second-order valence-electron chi connectivity index (χ2n) is 5.80. The Morgan fingerprint density at radius 1 is 1.52 bits per heavy atom. The third-order valence-corrected chi connectivity index (χ3v) is 5.30. The number of aliphatic carboxylic acids is 1. The van der Waals surface area contributed by atoms with Gasteiger partial charge in [0.15, 0.2) is 0 Å². The molecular weight excluding hydrogens is 290 g/mol. The number of nitrogens with zero attached hydrogens (tertiary/aromatic N) is 1. The van der Waals surface area contributed by atoms with Crippen LogP contribution in [0.5, 0.6) is 0 Å². The average Bonchev–Trinajstić information content (AvgIpc) is 3.05. The lowest BCUT2D eigenvalue weighted by molar-refractivity contribution is -0.150. The molecule has 1 aliphatic heterocycles. The number of hydrogen-bond acceptors (Lipinski definition) is 4. The lowest BCUT2D eigenvalue weighted by Gasteiger charge is -2.28. The Balaban J connectivity index is 2.19. The summed E-state index contributed by atoms with van der Waals surface area (Å²) >= 11 is 1.38. The Labute approximate surface area is 128 Å². The molecule has 0 aliphatic carbocycles. The molecule has 1 unspecified atom stereocenters. The van der Waals surface area contributed by atoms with Crippen LogP contribution in [0.3, 0.4) is 0 Å². The summed E-state index contributed by atoms with van der Waals surface area (Å²) in [5.41, 5.74) is 0.0406. The maximum Gasteiger partial charge on any atom is 0.311 e. The van der Waals surface area contributed by atoms with E-state index in [9.17, 15) is 14.7 Å². The molecule has 0 radical (unpaired) electrons. The molecule has 2 heterocycles. The zero-order valence-corrected chi connectivity index (χ0v) is 13.4. The molecule has 1 aromatic heterocycles. The van der Waals surface area contributed by atoms with Gasteiger partial charge in [0, 0.05) is 25.8 Å². The first kappa shape index (κ1) is 16.0. The Morgan fingerprint density at radius 3 is 2.76 bits per heavy atom. The number of hydrogen-bond donors (Lipinski definition) is 1. The quantitative estimate of drug-likeness (QED) is 0.907. The summed E-state index contributed by atoms with van der Waals surface area (Å²) in [4.78, 5) is 26.6. The maximum atomic E-state index is 12.6. The van der Waals surface area contributed by atoms with Gasteiger partial charge in [-0.25, -0.2) is 0 Å². The fourth-order valence-corrected chi connectivity index (χ4v) is 3.71. The lowest BCUT2D eigenvalue weighted by Crippen LogP contribution is -2.40. The molecule has 1 aromatic rings. The average molecular weight is 311 g/mol. The molecule has 0 aromatic carbocycles. The van der Waals surface area contributed by atoms with Gasteiger partial charge in [0.05, 0.1) is 16.9 Å². The Hall–Kier alpha value is -1.40. The van der Waals surface area contributed by atoms with Gasteiger partial charge in [0.25, 0.3) is 5.91 Å². The fraction of sp³-hybridized carbons (Fsp3) is 0.600. The van der Waals surface area contributed by atoms with Crippen molar-refractivity contribution in [2.45, 2.75) is 26.9 Å². The molecule has 5 nitrogen and oxygen atoms in total. The number of carboxylic acid groups (broad SMARTS) is 1. The largest absolute Gasteiger partial charge is 0.481 e. The summed E-state index contributed by atoms with van der Waals surface area (Å²) in [7, 11) is 1.59. The molecule has 0 spiro atoms. The summed E-state index contributed by atoms with van der Waals surface area (Å²) in [5.74, 6) is -0.897. The van der Waals surface area contributed by atoms with Crippen LogP contribution in [0.15, 0.2) is 11.4 Å². The molecular formula is C15H21NO4S. The van der Waals surface area contributed by atoms with Crippen molar-refractivity contribution in [1.82, 2.24) is 4.90 Å². The highest BCUT2D eigenvalue weighted by atomic mass is 32.1. The fourth-order valence-electron chi connectivity index (χ4n) is 2.84. The number of carboxylic acids is 1. The summed E-state index contributed by atoms with van der Waals surface area (Å²) in [6, 6.07) is 1.88. The van der Waals surface area contributed by atoms with Crippen LogP contribution in [0.25, 0.3) is 0 Å². The molecule has 0 saturated carbocycles. The van der Waals surface area contributed by atoms with E-state index in [1.165, 1.54) is 11.3 Å². The molecule has 1 amide bonds. The number of likely N-dealkylation sites (tertiary alicyclic amines) is 1. The van der Waals surface area contributed by atoms with Crippen molar-refractivity contribution in [1.29, 1.82) is 0 Å². The molecule has 1 aliphatic rings. The van der Waals surface area contributed by atoms with Gasteiger partial charge >= 0.3 is 5.97 Å². The third kappa shape index (κ3) is 2.82. The van der Waals surface area contributed by atoms with Crippen molar-refractivity contribution in [2.24, 2.45) is 11.3 Å². The first-order valence-electron chi connectivity index (χ1n) is 7.00. The predicted molar refractivity (Wildman–Crippen MR) is 80.5 cm³/mol. The van der Waals surface area contributed by atoms with Crippen LogP contribution in [0.1, 0.15) is 35.5 Å². The topological polar surface area (TPSA) is 66.8 Å². The number of ether oxygens (including phenoxy) is 1. The van der Waals surface area contributed by atoms with Crippen molar-refractivity contribution in [2.75, 3.05) is 20.2 Å². The number of carbonyl (C=O) groups excluding carboxylic acids is 1. The zero-order chi connectivity index (χ0) is 15.6. The lowest BCUT2D eigenvalue weighted by atomic mass is 9.76. The van der Waals surface area contributed by atoms with Crippen molar-refractivity contribution in [3.05, 3.63) is 21.9 Å². The van der Waals surface area contributed by atoms with Crippen LogP contribution >= 0.6 is 11.3 Å². The van der Waals surface area contributed by atoms with E-state index in [0.717, 1.165) is 5.56 Å². The van der Waals surface area contributed by atoms with Crippen molar-refractivity contribution < 1.29 is 19.4 Å². The summed E-state index contributed by atoms with van der Waals surface area (Å²) in [6.07, 6.45) is 0.511. The van der Waals surface area contributed by atoms with E-state index in [-0.39, 0.29) is 18.4 Å². The van der Waals surface area contributed by atoms with E-state index in [1.54, 1.807) is 12.0 Å². The highest BCUT2D eigenvalue weighted by Gasteiger charge is 2.48. The molecule has 6 heteroatoms. The van der Waals surface area contributed by atoms with Crippen LogP contribution < -0.4 is 0 Å². The smallest absolute Gasteiger partial charge is 0.311 e. The minimum atomic E-state index is -0.825. The molecule has 1 fully saturated rings. The van der Waals surface area contributed by atoms with Crippen LogP contribution in [0.2, 0.25) is 0 Å². The minimum absolute atomic E-state index is 0.00502. The number of rotatable bonds is 5. The Bertz CT molecular complexity index is 540. The van der Waals surface area contributed by atoms with Crippen LogP contribution in [0.4, 0.5) is 0 Å². The third-order valence-electron chi connectivity index (χ3n) is 4.36. The van der Waals surface area contributed by atoms with Crippen LogP contribution in [-0.2, 0) is 16.1 Å². The highest BCUT2D eigenvalue weighted by Crippen LogP contribution is 2.39. The SMILES string of the molecule is COCc1ccsc1C(=O)N1CCC(C(=O)O)(C(C)C)C1. The van der Waals surface area contributed by atoms with E-state index in [1.807, 2.05) is 25.3 Å². The second kappa shape index (κ2) is 6.15. The van der Waals surface area contributed by atoms with Crippen LogP contribution in [-0.4, -0.2) is 42.1 Å². The number of amides is 1. The minimum Gasteiger partial charge on any atom is -0.481 e. The van der Waals surface area contributed by atoms with Gasteiger partial charge in [-0.05, 0) is 23.8 Å². The predicted octanol–water partition coefficient (Wildman–Crippen LogP) is 2.47. The van der Waals surface area contributed by atoms with Gasteiger partial charge in [0.2, 0.25) is 0 Å². The van der Waals surface area contributed by atoms with E-state index >= 15 is 0 Å². The molecule has 2 rings (SSSR count).